The maximum Gasteiger partial charge on any atom is 0.119 e. The van der Waals surface area contributed by atoms with E-state index in [0.29, 0.717) is 6.61 Å². The van der Waals surface area contributed by atoms with Gasteiger partial charge in [0.1, 0.15) is 12.4 Å². The van der Waals surface area contributed by atoms with E-state index in [9.17, 15) is 0 Å². The molecule has 0 aliphatic heterocycles. The van der Waals surface area contributed by atoms with Gasteiger partial charge in [-0.2, -0.15) is 0 Å². The number of benzene rings is 3. The molecule has 4 heteroatoms. The van der Waals surface area contributed by atoms with E-state index in [4.69, 9.17) is 4.74 Å². The van der Waals surface area contributed by atoms with Crippen LogP contribution in [-0.2, 0) is 13.0 Å². The lowest BCUT2D eigenvalue weighted by molar-refractivity contribution is 0.305. The Kier molecular flexibility index (Phi) is 7.87. The Morgan fingerprint density at radius 2 is 1.68 bits per heavy atom. The van der Waals surface area contributed by atoms with E-state index in [1.807, 2.05) is 48.7 Å². The molecule has 144 valence electrons. The highest BCUT2D eigenvalue weighted by molar-refractivity contribution is 9.11. The first-order valence-corrected chi connectivity index (χ1v) is 11.0. The van der Waals surface area contributed by atoms with Crippen molar-refractivity contribution in [3.63, 3.8) is 0 Å². The second-order valence-electron chi connectivity index (χ2n) is 6.62. The molecule has 0 saturated carbocycles. The smallest absolute Gasteiger partial charge is 0.119 e. The lowest BCUT2D eigenvalue weighted by atomic mass is 10.1. The highest BCUT2D eigenvalue weighted by Crippen LogP contribution is 2.23. The molecule has 3 aromatic carbocycles. The third-order valence-corrected chi connectivity index (χ3v) is 5.64. The van der Waals surface area contributed by atoms with E-state index in [-0.39, 0.29) is 0 Å². The molecule has 0 radical (unpaired) electrons. The predicted molar refractivity (Wildman–Crippen MR) is 125 cm³/mol. The van der Waals surface area contributed by atoms with Crippen LogP contribution in [0.15, 0.2) is 80.7 Å². The van der Waals surface area contributed by atoms with Crippen molar-refractivity contribution in [3.05, 3.63) is 92.4 Å². The molecule has 0 fully saturated rings. The van der Waals surface area contributed by atoms with E-state index < -0.39 is 0 Å². The average molecular weight is 501 g/mol. The van der Waals surface area contributed by atoms with Crippen molar-refractivity contribution in [2.75, 3.05) is 0 Å². The van der Waals surface area contributed by atoms with Crippen LogP contribution >= 0.6 is 31.9 Å². The molecular formula is C24H23Br2NO. The van der Waals surface area contributed by atoms with Gasteiger partial charge in [-0.25, -0.2) is 0 Å². The Morgan fingerprint density at radius 3 is 2.36 bits per heavy atom. The quantitative estimate of drug-likeness (QED) is 0.288. The topological polar surface area (TPSA) is 21.6 Å². The number of hydrogen-bond donors (Lipinski definition) is 0. The van der Waals surface area contributed by atoms with Crippen LogP contribution in [0.25, 0.3) is 0 Å². The second kappa shape index (κ2) is 10.6. The zero-order chi connectivity index (χ0) is 19.8. The van der Waals surface area contributed by atoms with Crippen LogP contribution in [0.1, 0.15) is 36.5 Å². The van der Waals surface area contributed by atoms with Crippen molar-refractivity contribution in [2.24, 2.45) is 4.99 Å². The number of halogens is 2. The second-order valence-corrected chi connectivity index (χ2v) is 8.39. The van der Waals surface area contributed by atoms with Crippen LogP contribution in [-0.4, -0.2) is 6.21 Å². The summed E-state index contributed by atoms with van der Waals surface area (Å²) in [7, 11) is 0. The molecule has 0 aliphatic carbocycles. The Labute approximate surface area is 183 Å². The summed E-state index contributed by atoms with van der Waals surface area (Å²) in [4.78, 5) is 4.56. The summed E-state index contributed by atoms with van der Waals surface area (Å²) in [6.07, 6.45) is 5.48. The number of nitrogens with zero attached hydrogens (tertiary/aromatic N) is 1. The molecule has 28 heavy (non-hydrogen) atoms. The fraction of sp³-hybridized carbons (Fsp3) is 0.208. The summed E-state index contributed by atoms with van der Waals surface area (Å²) in [5.74, 6) is 0.840. The van der Waals surface area contributed by atoms with Crippen molar-refractivity contribution in [1.82, 2.24) is 0 Å². The van der Waals surface area contributed by atoms with Gasteiger partial charge in [0, 0.05) is 20.7 Å². The van der Waals surface area contributed by atoms with Crippen LogP contribution in [0, 0.1) is 0 Å². The summed E-state index contributed by atoms with van der Waals surface area (Å²) < 4.78 is 7.96. The average Bonchev–Trinajstić information content (AvgIpc) is 2.71. The number of aryl methyl sites for hydroxylation is 1. The molecule has 0 saturated heterocycles. The summed E-state index contributed by atoms with van der Waals surface area (Å²) in [5.41, 5.74) is 4.50. The van der Waals surface area contributed by atoms with Gasteiger partial charge in [0.25, 0.3) is 0 Å². The molecule has 0 bridgehead atoms. The number of rotatable bonds is 8. The highest BCUT2D eigenvalue weighted by atomic mass is 79.9. The molecule has 3 rings (SSSR count). The minimum Gasteiger partial charge on any atom is -0.489 e. The summed E-state index contributed by atoms with van der Waals surface area (Å²) in [5, 5.41) is 0. The molecule has 3 aromatic rings. The Morgan fingerprint density at radius 1 is 0.929 bits per heavy atom. The Balaban J connectivity index is 1.55. The zero-order valence-corrected chi connectivity index (χ0v) is 19.0. The van der Waals surface area contributed by atoms with E-state index in [1.165, 1.54) is 18.4 Å². The summed E-state index contributed by atoms with van der Waals surface area (Å²) in [6, 6.07) is 22.6. The first kappa shape index (κ1) is 20.8. The zero-order valence-electron chi connectivity index (χ0n) is 15.9. The maximum atomic E-state index is 5.89. The molecule has 2 nitrogen and oxygen atoms in total. The molecule has 0 atom stereocenters. The van der Waals surface area contributed by atoms with Gasteiger partial charge in [-0.1, -0.05) is 63.4 Å². The van der Waals surface area contributed by atoms with Crippen molar-refractivity contribution < 1.29 is 4.74 Å². The summed E-state index contributed by atoms with van der Waals surface area (Å²) >= 11 is 7.03. The van der Waals surface area contributed by atoms with Crippen LogP contribution in [0.4, 0.5) is 5.69 Å². The molecular weight excluding hydrogens is 478 g/mol. The lowest BCUT2D eigenvalue weighted by Gasteiger charge is -2.08. The van der Waals surface area contributed by atoms with Crippen molar-refractivity contribution in [3.8, 4) is 5.75 Å². The molecule has 0 spiro atoms. The molecule has 0 aromatic heterocycles. The molecule has 0 unspecified atom stereocenters. The van der Waals surface area contributed by atoms with Gasteiger partial charge in [-0.3, -0.25) is 4.99 Å². The number of hydrogen-bond acceptors (Lipinski definition) is 2. The Bertz CT molecular complexity index is 918. The third-order valence-electron chi connectivity index (χ3n) is 4.41. The van der Waals surface area contributed by atoms with Gasteiger partial charge in [-0.05, 0) is 72.5 Å². The molecule has 0 N–H and O–H groups in total. The van der Waals surface area contributed by atoms with Gasteiger partial charge in [0.05, 0.1) is 5.69 Å². The van der Waals surface area contributed by atoms with E-state index >= 15 is 0 Å². The Hall–Kier alpha value is -1.91. The minimum absolute atomic E-state index is 0.520. The third kappa shape index (κ3) is 6.32. The molecule has 0 aliphatic rings. The maximum absolute atomic E-state index is 5.89. The van der Waals surface area contributed by atoms with Crippen LogP contribution in [0.5, 0.6) is 5.75 Å². The first-order chi connectivity index (χ1) is 13.6. The van der Waals surface area contributed by atoms with Gasteiger partial charge < -0.3 is 4.74 Å². The van der Waals surface area contributed by atoms with Gasteiger partial charge in [0.2, 0.25) is 0 Å². The highest BCUT2D eigenvalue weighted by Gasteiger charge is 2.02. The van der Waals surface area contributed by atoms with Crippen molar-refractivity contribution in [2.45, 2.75) is 32.8 Å². The largest absolute Gasteiger partial charge is 0.489 e. The fourth-order valence-electron chi connectivity index (χ4n) is 2.73. The van der Waals surface area contributed by atoms with Crippen LogP contribution in [0.3, 0.4) is 0 Å². The van der Waals surface area contributed by atoms with E-state index in [0.717, 1.165) is 37.9 Å². The van der Waals surface area contributed by atoms with Crippen LogP contribution in [0.2, 0.25) is 0 Å². The first-order valence-electron chi connectivity index (χ1n) is 9.44. The van der Waals surface area contributed by atoms with Crippen LogP contribution < -0.4 is 4.74 Å². The van der Waals surface area contributed by atoms with Gasteiger partial charge in [0.15, 0.2) is 0 Å². The van der Waals surface area contributed by atoms with E-state index in [2.05, 4.69) is 68.0 Å². The van der Waals surface area contributed by atoms with E-state index in [1.54, 1.807) is 0 Å². The standard InChI is InChI=1S/C24H23Br2NO/c1-2-3-4-18-5-11-22(12-6-18)27-16-19-7-13-23(14-8-19)28-17-20-9-10-21(25)15-24(20)26/h5-16H,2-4,17H2,1H3. The van der Waals surface area contributed by atoms with Crippen molar-refractivity contribution >= 4 is 43.8 Å². The number of unbranched alkanes of at least 4 members (excludes halogenated alkanes) is 1. The molecule has 0 heterocycles. The number of aliphatic imine (C=N–C) groups is 1. The normalized spacial score (nSPS) is 11.1. The predicted octanol–water partition coefficient (Wildman–Crippen LogP) is 7.88. The van der Waals surface area contributed by atoms with Gasteiger partial charge >= 0.3 is 0 Å². The monoisotopic (exact) mass is 499 g/mol. The fourth-order valence-corrected chi connectivity index (χ4v) is 3.89. The number of ether oxygens (including phenoxy) is 1. The van der Waals surface area contributed by atoms with Crippen molar-refractivity contribution in [1.29, 1.82) is 0 Å². The minimum atomic E-state index is 0.520. The lowest BCUT2D eigenvalue weighted by Crippen LogP contribution is -1.96. The van der Waals surface area contributed by atoms with Gasteiger partial charge in [-0.15, -0.1) is 0 Å². The SMILES string of the molecule is CCCCc1ccc(N=Cc2ccc(OCc3ccc(Br)cc3Br)cc2)cc1. The summed E-state index contributed by atoms with van der Waals surface area (Å²) in [6.45, 7) is 2.74. The molecule has 0 amide bonds.